The first-order valence-electron chi connectivity index (χ1n) is 7.74. The Morgan fingerprint density at radius 3 is 2.24 bits per heavy atom. The summed E-state index contributed by atoms with van der Waals surface area (Å²) in [5.41, 5.74) is 0.621. The SMILES string of the molecule is COc1cc(OC)cc(C(=O)NCC(C)(OC)c2cccc(Cl)c2)c1. The second-order valence-electron chi connectivity index (χ2n) is 5.73. The predicted octanol–water partition coefficient (Wildman–Crippen LogP) is 3.65. The quantitative estimate of drug-likeness (QED) is 0.815. The van der Waals surface area contributed by atoms with Crippen molar-refractivity contribution < 1.29 is 19.0 Å². The van der Waals surface area contributed by atoms with Crippen molar-refractivity contribution in [1.82, 2.24) is 5.32 Å². The molecule has 0 aliphatic carbocycles. The van der Waals surface area contributed by atoms with Gasteiger partial charge in [0.15, 0.2) is 0 Å². The van der Waals surface area contributed by atoms with Gasteiger partial charge in [0.25, 0.3) is 5.91 Å². The van der Waals surface area contributed by atoms with Crippen LogP contribution in [0.3, 0.4) is 0 Å². The fraction of sp³-hybridized carbons (Fsp3) is 0.316. The fourth-order valence-corrected chi connectivity index (χ4v) is 2.59. The first-order valence-corrected chi connectivity index (χ1v) is 8.12. The minimum Gasteiger partial charge on any atom is -0.497 e. The van der Waals surface area contributed by atoms with Crippen molar-refractivity contribution in [3.05, 3.63) is 58.6 Å². The maximum Gasteiger partial charge on any atom is 0.251 e. The molecule has 0 saturated carbocycles. The number of carbonyl (C=O) groups is 1. The van der Waals surface area contributed by atoms with Crippen molar-refractivity contribution in [3.8, 4) is 11.5 Å². The third kappa shape index (κ3) is 4.65. The van der Waals surface area contributed by atoms with E-state index in [-0.39, 0.29) is 12.5 Å². The molecule has 2 aromatic rings. The molecule has 0 aliphatic heterocycles. The first-order chi connectivity index (χ1) is 11.9. The number of hydrogen-bond donors (Lipinski definition) is 1. The third-order valence-corrected chi connectivity index (χ3v) is 4.32. The molecule has 0 spiro atoms. The second kappa shape index (κ2) is 8.23. The van der Waals surface area contributed by atoms with E-state index in [1.54, 1.807) is 31.4 Å². The molecule has 25 heavy (non-hydrogen) atoms. The van der Waals surface area contributed by atoms with E-state index < -0.39 is 5.60 Å². The van der Waals surface area contributed by atoms with Gasteiger partial charge in [-0.1, -0.05) is 23.7 Å². The van der Waals surface area contributed by atoms with Gasteiger partial charge in [0.2, 0.25) is 0 Å². The van der Waals surface area contributed by atoms with Crippen LogP contribution >= 0.6 is 11.6 Å². The Balaban J connectivity index is 2.17. The molecule has 1 atom stereocenters. The van der Waals surface area contributed by atoms with Crippen molar-refractivity contribution in [1.29, 1.82) is 0 Å². The number of nitrogens with one attached hydrogen (secondary N) is 1. The molecular formula is C19H22ClNO4. The van der Waals surface area contributed by atoms with Gasteiger partial charge in [-0.3, -0.25) is 4.79 Å². The lowest BCUT2D eigenvalue weighted by Crippen LogP contribution is -2.40. The number of carbonyl (C=O) groups excluding carboxylic acids is 1. The molecule has 0 heterocycles. The van der Waals surface area contributed by atoms with E-state index in [1.807, 2.05) is 25.1 Å². The Hall–Kier alpha value is -2.24. The van der Waals surface area contributed by atoms with Crippen LogP contribution in [0.4, 0.5) is 0 Å². The fourth-order valence-electron chi connectivity index (χ4n) is 2.40. The van der Waals surface area contributed by atoms with Crippen LogP contribution in [0.25, 0.3) is 0 Å². The Morgan fingerprint density at radius 2 is 1.72 bits per heavy atom. The molecule has 1 N–H and O–H groups in total. The summed E-state index contributed by atoms with van der Waals surface area (Å²) >= 11 is 6.06. The van der Waals surface area contributed by atoms with Gasteiger partial charge >= 0.3 is 0 Å². The maximum absolute atomic E-state index is 12.5. The zero-order chi connectivity index (χ0) is 18.4. The highest BCUT2D eigenvalue weighted by Crippen LogP contribution is 2.27. The summed E-state index contributed by atoms with van der Waals surface area (Å²) < 4.78 is 16.0. The third-order valence-electron chi connectivity index (χ3n) is 4.09. The number of rotatable bonds is 7. The van der Waals surface area contributed by atoms with Crippen molar-refractivity contribution in [2.75, 3.05) is 27.9 Å². The van der Waals surface area contributed by atoms with E-state index in [2.05, 4.69) is 5.32 Å². The van der Waals surface area contributed by atoms with Gasteiger partial charge in [-0.25, -0.2) is 0 Å². The Morgan fingerprint density at radius 1 is 1.08 bits per heavy atom. The minimum absolute atomic E-state index is 0.248. The highest BCUT2D eigenvalue weighted by atomic mass is 35.5. The minimum atomic E-state index is -0.705. The molecule has 1 unspecified atom stereocenters. The first kappa shape index (κ1) is 19.1. The number of benzene rings is 2. The second-order valence-corrected chi connectivity index (χ2v) is 6.17. The van der Waals surface area contributed by atoms with E-state index in [1.165, 1.54) is 14.2 Å². The van der Waals surface area contributed by atoms with Crippen molar-refractivity contribution in [2.45, 2.75) is 12.5 Å². The van der Waals surface area contributed by atoms with E-state index >= 15 is 0 Å². The predicted molar refractivity (Wildman–Crippen MR) is 97.7 cm³/mol. The Bertz CT molecular complexity index is 728. The van der Waals surface area contributed by atoms with Gasteiger partial charge in [-0.15, -0.1) is 0 Å². The summed E-state index contributed by atoms with van der Waals surface area (Å²) in [4.78, 5) is 12.5. The molecule has 2 aromatic carbocycles. The number of ether oxygens (including phenoxy) is 3. The average molecular weight is 364 g/mol. The molecule has 1 amide bonds. The zero-order valence-electron chi connectivity index (χ0n) is 14.8. The van der Waals surface area contributed by atoms with Crippen LogP contribution in [0.5, 0.6) is 11.5 Å². The summed E-state index contributed by atoms with van der Waals surface area (Å²) in [5.74, 6) is 0.852. The number of amides is 1. The molecule has 0 fully saturated rings. The average Bonchev–Trinajstić information content (AvgIpc) is 2.65. The number of hydrogen-bond acceptors (Lipinski definition) is 4. The van der Waals surface area contributed by atoms with Crippen LogP contribution in [-0.4, -0.2) is 33.8 Å². The molecular weight excluding hydrogens is 342 g/mol. The number of halogens is 1. The van der Waals surface area contributed by atoms with Crippen molar-refractivity contribution in [2.24, 2.45) is 0 Å². The summed E-state index contributed by atoms with van der Waals surface area (Å²) in [5, 5.41) is 3.51. The molecule has 0 aliphatic rings. The van der Waals surface area contributed by atoms with Crippen LogP contribution in [0.2, 0.25) is 5.02 Å². The van der Waals surface area contributed by atoms with Crippen LogP contribution in [0.15, 0.2) is 42.5 Å². The highest BCUT2D eigenvalue weighted by molar-refractivity contribution is 6.30. The highest BCUT2D eigenvalue weighted by Gasteiger charge is 2.27. The zero-order valence-corrected chi connectivity index (χ0v) is 15.5. The van der Waals surface area contributed by atoms with Gasteiger partial charge in [0.05, 0.1) is 20.8 Å². The number of methoxy groups -OCH3 is 3. The lowest BCUT2D eigenvalue weighted by Gasteiger charge is -2.29. The van der Waals surface area contributed by atoms with Crippen LogP contribution < -0.4 is 14.8 Å². The van der Waals surface area contributed by atoms with Crippen molar-refractivity contribution in [3.63, 3.8) is 0 Å². The molecule has 0 radical (unpaired) electrons. The normalized spacial score (nSPS) is 13.0. The lowest BCUT2D eigenvalue weighted by atomic mass is 9.95. The Kier molecular flexibility index (Phi) is 6.28. The Labute approximate surface area is 152 Å². The van der Waals surface area contributed by atoms with E-state index in [0.29, 0.717) is 22.1 Å². The molecule has 6 heteroatoms. The van der Waals surface area contributed by atoms with E-state index in [0.717, 1.165) is 5.56 Å². The van der Waals surface area contributed by atoms with Gasteiger partial charge in [0.1, 0.15) is 17.1 Å². The topological polar surface area (TPSA) is 56.8 Å². The van der Waals surface area contributed by atoms with Gasteiger partial charge in [0, 0.05) is 23.8 Å². The molecule has 0 saturated heterocycles. The van der Waals surface area contributed by atoms with E-state index in [9.17, 15) is 4.79 Å². The largest absolute Gasteiger partial charge is 0.497 e. The van der Waals surface area contributed by atoms with Gasteiger partial charge in [-0.05, 0) is 36.8 Å². The maximum atomic E-state index is 12.5. The molecule has 5 nitrogen and oxygen atoms in total. The monoisotopic (exact) mass is 363 g/mol. The summed E-state index contributed by atoms with van der Waals surface area (Å²) in [7, 11) is 4.68. The lowest BCUT2D eigenvalue weighted by molar-refractivity contribution is 0.00315. The molecule has 0 bridgehead atoms. The summed E-state index contributed by atoms with van der Waals surface area (Å²) in [6.45, 7) is 2.17. The standard InChI is InChI=1S/C19H22ClNO4/c1-19(25-4,14-6-5-7-15(20)10-14)12-21-18(22)13-8-16(23-2)11-17(9-13)24-3/h5-11H,12H2,1-4H3,(H,21,22). The van der Waals surface area contributed by atoms with Gasteiger partial charge < -0.3 is 19.5 Å². The molecule has 2 rings (SSSR count). The summed E-state index contributed by atoms with van der Waals surface area (Å²) in [6, 6.07) is 12.4. The van der Waals surface area contributed by atoms with Crippen LogP contribution in [-0.2, 0) is 10.3 Å². The molecule has 0 aromatic heterocycles. The smallest absolute Gasteiger partial charge is 0.251 e. The van der Waals surface area contributed by atoms with Crippen LogP contribution in [0, 0.1) is 0 Å². The van der Waals surface area contributed by atoms with E-state index in [4.69, 9.17) is 25.8 Å². The van der Waals surface area contributed by atoms with Crippen molar-refractivity contribution >= 4 is 17.5 Å². The van der Waals surface area contributed by atoms with Crippen LogP contribution in [0.1, 0.15) is 22.8 Å². The molecule has 134 valence electrons. The summed E-state index contributed by atoms with van der Waals surface area (Å²) in [6.07, 6.45) is 0. The van der Waals surface area contributed by atoms with Gasteiger partial charge in [-0.2, -0.15) is 0 Å².